The van der Waals surface area contributed by atoms with Gasteiger partial charge in [0.2, 0.25) is 0 Å². The summed E-state index contributed by atoms with van der Waals surface area (Å²) in [5.74, 6) is -0.392. The van der Waals surface area contributed by atoms with Crippen LogP contribution >= 0.6 is 0 Å². The van der Waals surface area contributed by atoms with Gasteiger partial charge in [0.1, 0.15) is 11.5 Å². The van der Waals surface area contributed by atoms with Crippen LogP contribution in [-0.2, 0) is 17.8 Å². The van der Waals surface area contributed by atoms with E-state index in [0.29, 0.717) is 73.8 Å². The number of H-pyrrole nitrogens is 2. The molecule has 0 radical (unpaired) electrons. The predicted molar refractivity (Wildman–Crippen MR) is 135 cm³/mol. The molecule has 2 N–H and O–H groups in total. The fourth-order valence-corrected chi connectivity index (χ4v) is 5.54. The number of carbonyl (C=O) groups is 1. The number of nitrogens with zero attached hydrogens (tertiary/aromatic N) is 5. The molecule has 4 aromatic heterocycles. The Hall–Kier alpha value is -4.38. The molecule has 188 valence electrons. The molecule has 0 saturated carbocycles. The summed E-state index contributed by atoms with van der Waals surface area (Å²) in [4.78, 5) is 34.2. The van der Waals surface area contributed by atoms with Gasteiger partial charge in [-0.1, -0.05) is 6.07 Å². The van der Waals surface area contributed by atoms with E-state index in [1.54, 1.807) is 16.0 Å². The van der Waals surface area contributed by atoms with Crippen molar-refractivity contribution in [3.05, 3.63) is 70.7 Å². The van der Waals surface area contributed by atoms with Gasteiger partial charge in [-0.2, -0.15) is 0 Å². The third-order valence-corrected chi connectivity index (χ3v) is 7.26. The van der Waals surface area contributed by atoms with Gasteiger partial charge < -0.3 is 19.1 Å². The molecule has 2 aliphatic rings. The zero-order valence-corrected chi connectivity index (χ0v) is 19.9. The Morgan fingerprint density at radius 3 is 2.78 bits per heavy atom. The van der Waals surface area contributed by atoms with Crippen LogP contribution in [0, 0.1) is 5.82 Å². The van der Waals surface area contributed by atoms with Gasteiger partial charge in [-0.05, 0) is 29.8 Å². The molecular weight excluding hydrogens is 477 g/mol. The number of ether oxygens (including phenoxy) is 1. The van der Waals surface area contributed by atoms with E-state index in [9.17, 15) is 14.0 Å². The fourth-order valence-electron chi connectivity index (χ4n) is 5.54. The van der Waals surface area contributed by atoms with Crippen molar-refractivity contribution in [2.45, 2.75) is 13.1 Å². The largest absolute Gasteiger partial charge is 0.378 e. The van der Waals surface area contributed by atoms with Crippen LogP contribution in [0.5, 0.6) is 0 Å². The van der Waals surface area contributed by atoms with Gasteiger partial charge in [0.15, 0.2) is 0 Å². The number of rotatable bonds is 2. The summed E-state index contributed by atoms with van der Waals surface area (Å²) in [5.41, 5.74) is 4.38. The van der Waals surface area contributed by atoms with E-state index in [-0.39, 0.29) is 11.6 Å². The zero-order chi connectivity index (χ0) is 25.1. The molecule has 2 aliphatic heterocycles. The Labute approximate surface area is 209 Å². The van der Waals surface area contributed by atoms with Crippen molar-refractivity contribution in [1.29, 1.82) is 0 Å². The van der Waals surface area contributed by atoms with Crippen molar-refractivity contribution in [3.8, 4) is 22.5 Å². The van der Waals surface area contributed by atoms with Gasteiger partial charge in [-0.25, -0.2) is 14.2 Å². The number of hydrogen-bond donors (Lipinski definition) is 2. The van der Waals surface area contributed by atoms with Gasteiger partial charge in [0.25, 0.3) is 5.56 Å². The lowest BCUT2D eigenvalue weighted by Crippen LogP contribution is -2.48. The van der Waals surface area contributed by atoms with Crippen molar-refractivity contribution in [1.82, 2.24) is 33.9 Å². The SMILES string of the molecule is O=C(N1CCOCC1)N1CCn2cc(-c3[nH][nH]c(=O)c3-c3cnc4ccccn34)c3cc(F)cc(c32)C1. The molecule has 1 saturated heterocycles. The molecule has 0 bridgehead atoms. The standard InChI is InChI=1S/C26H24FN7O3/c27-17-11-16-14-33(26(36)31-7-9-37-10-8-31)6-5-32-15-19(18(12-17)24(16)32)23-22(25(35)30-29-23)20-13-28-21-3-1-2-4-34(20)21/h1-4,11-13,15H,5-10,14H2,(H2,29,30,35). The van der Waals surface area contributed by atoms with Crippen LogP contribution in [0.2, 0.25) is 0 Å². The average molecular weight is 502 g/mol. The lowest BCUT2D eigenvalue weighted by Gasteiger charge is -2.32. The number of pyridine rings is 1. The van der Waals surface area contributed by atoms with Crippen molar-refractivity contribution in [2.24, 2.45) is 0 Å². The van der Waals surface area contributed by atoms with Gasteiger partial charge in [0, 0.05) is 56.1 Å². The third kappa shape index (κ3) is 3.45. The van der Waals surface area contributed by atoms with E-state index in [4.69, 9.17) is 4.74 Å². The fraction of sp³-hybridized carbons (Fsp3) is 0.269. The molecule has 0 aliphatic carbocycles. The Morgan fingerprint density at radius 1 is 1.05 bits per heavy atom. The maximum absolute atomic E-state index is 15.0. The Morgan fingerprint density at radius 2 is 1.92 bits per heavy atom. The minimum atomic E-state index is -0.392. The molecule has 0 unspecified atom stereocenters. The molecule has 2 amide bonds. The molecule has 5 aromatic rings. The summed E-state index contributed by atoms with van der Waals surface area (Å²) in [6.07, 6.45) is 5.45. The van der Waals surface area contributed by atoms with Gasteiger partial charge in [0.05, 0.1) is 41.9 Å². The van der Waals surface area contributed by atoms with Crippen LogP contribution in [0.25, 0.3) is 39.1 Å². The van der Waals surface area contributed by atoms with Gasteiger partial charge >= 0.3 is 6.03 Å². The van der Waals surface area contributed by atoms with Crippen molar-refractivity contribution >= 4 is 22.6 Å². The predicted octanol–water partition coefficient (Wildman–Crippen LogP) is 3.05. The number of hydrogen-bond acceptors (Lipinski definition) is 4. The number of imidazole rings is 1. The monoisotopic (exact) mass is 501 g/mol. The van der Waals surface area contributed by atoms with E-state index in [1.165, 1.54) is 12.1 Å². The van der Waals surface area contributed by atoms with Crippen molar-refractivity contribution < 1.29 is 13.9 Å². The van der Waals surface area contributed by atoms with Crippen molar-refractivity contribution in [2.75, 3.05) is 32.8 Å². The molecule has 1 aromatic carbocycles. The highest BCUT2D eigenvalue weighted by Crippen LogP contribution is 2.37. The summed E-state index contributed by atoms with van der Waals surface area (Å²) in [5, 5.41) is 6.40. The van der Waals surface area contributed by atoms with Crippen LogP contribution in [0.15, 0.2) is 53.7 Å². The topological polar surface area (TPSA) is 104 Å². The number of aromatic nitrogens is 5. The summed E-state index contributed by atoms with van der Waals surface area (Å²) in [6, 6.07) is 8.57. The molecule has 1 fully saturated rings. The summed E-state index contributed by atoms with van der Waals surface area (Å²) < 4.78 is 24.3. The van der Waals surface area contributed by atoms with E-state index in [0.717, 1.165) is 16.7 Å². The van der Waals surface area contributed by atoms with E-state index >= 15 is 0 Å². The first kappa shape index (κ1) is 21.9. The molecule has 10 nitrogen and oxygen atoms in total. The zero-order valence-electron chi connectivity index (χ0n) is 19.9. The van der Waals surface area contributed by atoms with E-state index in [2.05, 4.69) is 19.7 Å². The number of carbonyl (C=O) groups excluding carboxylic acids is 1. The van der Waals surface area contributed by atoms with E-state index < -0.39 is 5.82 Å². The summed E-state index contributed by atoms with van der Waals surface area (Å²) in [7, 11) is 0. The maximum Gasteiger partial charge on any atom is 0.320 e. The quantitative estimate of drug-likeness (QED) is 0.388. The molecule has 11 heteroatoms. The van der Waals surface area contributed by atoms with Gasteiger partial charge in [-0.15, -0.1) is 0 Å². The number of aromatic amines is 2. The first-order chi connectivity index (χ1) is 18.1. The number of urea groups is 1. The van der Waals surface area contributed by atoms with Crippen LogP contribution in [0.4, 0.5) is 9.18 Å². The number of benzene rings is 1. The molecule has 6 heterocycles. The van der Waals surface area contributed by atoms with Crippen LogP contribution in [0.1, 0.15) is 5.56 Å². The number of halogens is 1. The second kappa shape index (κ2) is 8.34. The second-order valence-electron chi connectivity index (χ2n) is 9.40. The minimum absolute atomic E-state index is 0.0588. The average Bonchev–Trinajstić information content (AvgIpc) is 3.57. The summed E-state index contributed by atoms with van der Waals surface area (Å²) in [6.45, 7) is 3.49. The number of morpholine rings is 1. The second-order valence-corrected chi connectivity index (χ2v) is 9.40. The van der Waals surface area contributed by atoms with Crippen LogP contribution < -0.4 is 5.56 Å². The number of nitrogens with one attached hydrogen (secondary N) is 2. The highest BCUT2D eigenvalue weighted by atomic mass is 19.1. The smallest absolute Gasteiger partial charge is 0.320 e. The first-order valence-electron chi connectivity index (χ1n) is 12.2. The van der Waals surface area contributed by atoms with Crippen molar-refractivity contribution in [3.63, 3.8) is 0 Å². The highest BCUT2D eigenvalue weighted by molar-refractivity contribution is 6.00. The Bertz CT molecular complexity index is 1720. The highest BCUT2D eigenvalue weighted by Gasteiger charge is 2.28. The normalized spacial score (nSPS) is 16.0. The third-order valence-electron chi connectivity index (χ3n) is 7.26. The number of amides is 2. The minimum Gasteiger partial charge on any atom is -0.378 e. The maximum atomic E-state index is 15.0. The Balaban J connectivity index is 1.34. The lowest BCUT2D eigenvalue weighted by molar-refractivity contribution is 0.0425. The van der Waals surface area contributed by atoms with Crippen LogP contribution in [0.3, 0.4) is 0 Å². The summed E-state index contributed by atoms with van der Waals surface area (Å²) >= 11 is 0. The molecular formula is C26H24FN7O3. The molecule has 7 rings (SSSR count). The van der Waals surface area contributed by atoms with Gasteiger partial charge in [-0.3, -0.25) is 19.4 Å². The lowest BCUT2D eigenvalue weighted by atomic mass is 10.0. The Kier molecular flexibility index (Phi) is 4.93. The van der Waals surface area contributed by atoms with Crippen LogP contribution in [-0.4, -0.2) is 72.8 Å². The molecule has 37 heavy (non-hydrogen) atoms. The number of fused-ring (bicyclic) bond motifs is 1. The molecule has 0 spiro atoms. The molecule has 0 atom stereocenters. The first-order valence-corrected chi connectivity index (χ1v) is 12.2. The van der Waals surface area contributed by atoms with E-state index in [1.807, 2.05) is 35.0 Å².